The lowest BCUT2D eigenvalue weighted by molar-refractivity contribution is -0.122. The molecule has 1 unspecified atom stereocenters. The van der Waals surface area contributed by atoms with Crippen LogP contribution >= 0.6 is 0 Å². The van der Waals surface area contributed by atoms with Crippen molar-refractivity contribution in [2.75, 3.05) is 0 Å². The van der Waals surface area contributed by atoms with Crippen LogP contribution in [0.25, 0.3) is 0 Å². The summed E-state index contributed by atoms with van der Waals surface area (Å²) in [5, 5.41) is 0. The van der Waals surface area contributed by atoms with Gasteiger partial charge in [0.2, 0.25) is 0 Å². The fourth-order valence-corrected chi connectivity index (χ4v) is 8.90. The predicted octanol–water partition coefficient (Wildman–Crippen LogP) is 18.5. The highest BCUT2D eigenvalue weighted by atomic mass is 16.1. The Hall–Kier alpha value is -2.88. The Morgan fingerprint density at radius 3 is 1.23 bits per heavy atom. The van der Waals surface area contributed by atoms with E-state index in [0.29, 0.717) is 44.1 Å². The maximum absolute atomic E-state index is 10.8. The van der Waals surface area contributed by atoms with E-state index in [1.807, 2.05) is 13.0 Å². The Morgan fingerprint density at radius 2 is 0.909 bits per heavy atom. The molecule has 0 radical (unpaired) electrons. The third-order valence-corrected chi connectivity index (χ3v) is 15.0. The van der Waals surface area contributed by atoms with Crippen LogP contribution in [0.2, 0.25) is 0 Å². The second-order valence-electron chi connectivity index (χ2n) is 25.6. The molecule has 0 N–H and O–H groups in total. The van der Waals surface area contributed by atoms with Gasteiger partial charge in [-0.05, 0) is 168 Å². The zero-order valence-corrected chi connectivity index (χ0v) is 45.8. The van der Waals surface area contributed by atoms with Gasteiger partial charge in [-0.25, -0.2) is 0 Å². The van der Waals surface area contributed by atoms with Crippen molar-refractivity contribution in [2.24, 2.45) is 38.4 Å². The lowest BCUT2D eigenvalue weighted by Gasteiger charge is -2.29. The molecule has 6 aliphatic carbocycles. The third kappa shape index (κ3) is 29.8. The first-order valence-corrected chi connectivity index (χ1v) is 26.5. The number of hydrogen-bond donors (Lipinski definition) is 0. The van der Waals surface area contributed by atoms with Gasteiger partial charge in [-0.15, -0.1) is 6.58 Å². The molecule has 4 heteroatoms. The number of allylic oxidation sites excluding steroid dienone is 11. The molecule has 0 spiro atoms. The van der Waals surface area contributed by atoms with Crippen LogP contribution in [0.4, 0.5) is 0 Å². The Kier molecular flexibility index (Phi) is 27.7. The van der Waals surface area contributed by atoms with Gasteiger partial charge in [0.05, 0.1) is 0 Å². The van der Waals surface area contributed by atoms with Gasteiger partial charge in [-0.2, -0.15) is 0 Å². The molecule has 0 aromatic heterocycles. The first-order chi connectivity index (χ1) is 30.7. The molecular weight excluding hydrogens is 809 g/mol. The van der Waals surface area contributed by atoms with Crippen molar-refractivity contribution in [1.29, 1.82) is 0 Å². The minimum Gasteiger partial charge on any atom is -0.303 e. The van der Waals surface area contributed by atoms with Gasteiger partial charge in [0.1, 0.15) is 24.1 Å². The minimum atomic E-state index is 0.201. The lowest BCUT2D eigenvalue weighted by Crippen LogP contribution is -2.20. The highest BCUT2D eigenvalue weighted by Gasteiger charge is 2.27. The molecule has 6 rings (SSSR count). The molecule has 0 aliphatic heterocycles. The summed E-state index contributed by atoms with van der Waals surface area (Å²) in [6.07, 6.45) is 45.6. The quantitative estimate of drug-likeness (QED) is 0.124. The number of Topliss-reactive ketones (excluding diaryl/α,β-unsaturated/α-hetero) is 2. The first kappa shape index (κ1) is 61.1. The van der Waals surface area contributed by atoms with E-state index in [2.05, 4.69) is 133 Å². The maximum atomic E-state index is 10.8. The number of unbranched alkanes of at least 4 members (excludes halogenated alkanes) is 1. The summed E-state index contributed by atoms with van der Waals surface area (Å²) in [5.74, 6) is 1.11. The van der Waals surface area contributed by atoms with Crippen LogP contribution in [-0.2, 0) is 19.2 Å². The fourth-order valence-electron chi connectivity index (χ4n) is 8.90. The minimum absolute atomic E-state index is 0.201. The molecule has 0 bridgehead atoms. The number of carbonyl (C=O) groups excluding carboxylic acids is 4. The standard InChI is InChI=1S/2C12H20O.2C11H18.2C8H14O/c1-10(9-13)8-11-4-6-12(2,3)7-5-11;1-12(2)8-6-11(7-9-12)5-3-4-10-13;2*1-4-5-10-6-8-11(2,3)9-7-10;2*1-8(2)5-3-7(9)4-6-8/h4,9-10H,5-8H2,1-3H3;6,10H,3-5,7-9H2,1-2H3;4-6H,7-9H2,1-3H3;4,6H,1,5,7-9H2,2-3H3;2*3-6H2,1-2H3/b;;5-4+;;;. The smallest absolute Gasteiger partial charge is 0.132 e. The van der Waals surface area contributed by atoms with E-state index < -0.39 is 0 Å². The maximum Gasteiger partial charge on any atom is 0.132 e. The average Bonchev–Trinajstić information content (AvgIpc) is 3.24. The summed E-state index contributed by atoms with van der Waals surface area (Å²) >= 11 is 0. The van der Waals surface area contributed by atoms with Gasteiger partial charge in [0.25, 0.3) is 0 Å². The Bertz CT molecular complexity index is 1590. The van der Waals surface area contributed by atoms with Crippen LogP contribution in [0.1, 0.15) is 257 Å². The highest BCUT2D eigenvalue weighted by molar-refractivity contribution is 5.79. The Labute approximate surface area is 409 Å². The molecule has 4 nitrogen and oxygen atoms in total. The summed E-state index contributed by atoms with van der Waals surface area (Å²) < 4.78 is 0. The van der Waals surface area contributed by atoms with E-state index in [4.69, 9.17) is 0 Å². The van der Waals surface area contributed by atoms with Crippen molar-refractivity contribution in [2.45, 2.75) is 257 Å². The van der Waals surface area contributed by atoms with Gasteiger partial charge in [0.15, 0.2) is 0 Å². The van der Waals surface area contributed by atoms with Crippen molar-refractivity contribution in [3.8, 4) is 0 Å². The molecule has 66 heavy (non-hydrogen) atoms. The van der Waals surface area contributed by atoms with E-state index in [0.717, 1.165) is 96.0 Å². The number of hydrogen-bond acceptors (Lipinski definition) is 4. The van der Waals surface area contributed by atoms with E-state index in [-0.39, 0.29) is 5.92 Å². The first-order valence-electron chi connectivity index (χ1n) is 26.5. The summed E-state index contributed by atoms with van der Waals surface area (Å²) in [6.45, 7) is 35.4. The van der Waals surface area contributed by atoms with Crippen molar-refractivity contribution in [3.63, 3.8) is 0 Å². The summed E-state index contributed by atoms with van der Waals surface area (Å²) in [4.78, 5) is 42.1. The summed E-state index contributed by atoms with van der Waals surface area (Å²) in [6, 6.07) is 0. The van der Waals surface area contributed by atoms with Crippen LogP contribution in [0, 0.1) is 38.4 Å². The monoisotopic (exact) mass is 913 g/mol. The second-order valence-corrected chi connectivity index (χ2v) is 25.6. The zero-order chi connectivity index (χ0) is 50.1. The van der Waals surface area contributed by atoms with E-state index in [9.17, 15) is 19.2 Å². The predicted molar refractivity (Wildman–Crippen MR) is 287 cm³/mol. The molecule has 2 fully saturated rings. The molecule has 0 amide bonds. The second kappa shape index (κ2) is 29.9. The molecule has 0 saturated heterocycles. The number of rotatable bonds is 10. The summed E-state index contributed by atoms with van der Waals surface area (Å²) in [5.41, 5.74) is 9.12. The van der Waals surface area contributed by atoms with Gasteiger partial charge >= 0.3 is 0 Å². The van der Waals surface area contributed by atoms with Crippen LogP contribution in [0.3, 0.4) is 0 Å². The number of carbonyl (C=O) groups is 4. The Balaban J connectivity index is 0.000000398. The average molecular weight is 914 g/mol. The van der Waals surface area contributed by atoms with Crippen LogP contribution in [0.5, 0.6) is 0 Å². The third-order valence-electron chi connectivity index (χ3n) is 15.0. The van der Waals surface area contributed by atoms with Gasteiger partial charge < -0.3 is 9.59 Å². The van der Waals surface area contributed by atoms with Crippen molar-refractivity contribution >= 4 is 24.1 Å². The molecule has 0 heterocycles. The van der Waals surface area contributed by atoms with Gasteiger partial charge in [-0.3, -0.25) is 9.59 Å². The Morgan fingerprint density at radius 1 is 0.530 bits per heavy atom. The van der Waals surface area contributed by atoms with Crippen LogP contribution in [0.15, 0.2) is 71.4 Å². The molecule has 6 aliphatic rings. The SMILES string of the molecule is C/C=C/C1=CCC(C)(C)CC1.C=CCC1=CCC(C)(C)CC1.CC(C=O)CC1=CCC(C)(C)CC1.CC1(C)CC=C(CCCC=O)CC1.CC1(C)CCC(=O)CC1.CC1(C)CCC(=O)CC1. The van der Waals surface area contributed by atoms with Gasteiger partial charge in [0, 0.05) is 38.0 Å². The summed E-state index contributed by atoms with van der Waals surface area (Å²) in [7, 11) is 0. The zero-order valence-electron chi connectivity index (χ0n) is 45.8. The van der Waals surface area contributed by atoms with Crippen molar-refractivity contribution in [1.82, 2.24) is 0 Å². The molecule has 0 aromatic carbocycles. The molecule has 376 valence electrons. The van der Waals surface area contributed by atoms with Crippen molar-refractivity contribution < 1.29 is 19.2 Å². The lowest BCUT2D eigenvalue weighted by atomic mass is 9.77. The molecule has 1 atom stereocenters. The topological polar surface area (TPSA) is 68.3 Å². The molecular formula is C62H104O4. The molecule has 0 aromatic rings. The van der Waals surface area contributed by atoms with Crippen LogP contribution < -0.4 is 0 Å². The normalized spacial score (nSPS) is 23.6. The van der Waals surface area contributed by atoms with E-state index in [1.54, 1.807) is 11.1 Å². The molecule has 2 saturated carbocycles. The van der Waals surface area contributed by atoms with Crippen LogP contribution in [-0.4, -0.2) is 24.1 Å². The van der Waals surface area contributed by atoms with E-state index in [1.165, 1.54) is 88.2 Å². The number of aldehydes is 2. The fraction of sp³-hybridized carbons (Fsp3) is 0.742. The van der Waals surface area contributed by atoms with Gasteiger partial charge in [-0.1, -0.05) is 155 Å². The largest absolute Gasteiger partial charge is 0.303 e. The van der Waals surface area contributed by atoms with Crippen molar-refractivity contribution in [3.05, 3.63) is 71.4 Å². The van der Waals surface area contributed by atoms with E-state index >= 15 is 0 Å². The number of ketones is 2. The highest BCUT2D eigenvalue weighted by Crippen LogP contribution is 2.39.